The second-order valence-corrected chi connectivity index (χ2v) is 8.00. The predicted octanol–water partition coefficient (Wildman–Crippen LogP) is 6.46. The summed E-state index contributed by atoms with van der Waals surface area (Å²) in [6.45, 7) is 2.06. The Morgan fingerprint density at radius 2 is 1.19 bits per heavy atom. The first kappa shape index (κ1) is 17.1. The maximum atomic E-state index is 5.92. The fourth-order valence-corrected chi connectivity index (χ4v) is 4.24. The fraction of sp³-hybridized carbons (Fsp3) is 0.0667. The number of rotatable bonds is 2. The summed E-state index contributed by atoms with van der Waals surface area (Å²) >= 11 is 13.9. The van der Waals surface area contributed by atoms with Gasteiger partial charge in [0.1, 0.15) is 0 Å². The van der Waals surface area contributed by atoms with Crippen LogP contribution >= 0.6 is 63.7 Å². The maximum Gasteiger partial charge on any atom is 0.0603 e. The summed E-state index contributed by atoms with van der Waals surface area (Å²) in [7, 11) is 0. The van der Waals surface area contributed by atoms with Crippen LogP contribution in [0.5, 0.6) is 0 Å². The van der Waals surface area contributed by atoms with Gasteiger partial charge in [0.25, 0.3) is 0 Å². The molecule has 0 heterocycles. The van der Waals surface area contributed by atoms with Crippen molar-refractivity contribution in [1.82, 2.24) is 0 Å². The normalized spacial score (nSPS) is 11.8. The third kappa shape index (κ3) is 3.92. The van der Waals surface area contributed by atoms with Gasteiger partial charge in [0.15, 0.2) is 0 Å². The van der Waals surface area contributed by atoms with Crippen LogP contribution in [0.25, 0.3) is 11.6 Å². The van der Waals surface area contributed by atoms with Crippen molar-refractivity contribution >= 4 is 86.7 Å². The van der Waals surface area contributed by atoms with Crippen molar-refractivity contribution in [3.63, 3.8) is 0 Å². The standard InChI is InChI=1S/C15H12Br4N2/c1-7(9-5-12(18)15(21)13(19)6-9)2-8-3-10(16)14(20)11(17)4-8/h2-6H,20-21H2,1H3/b7-2+. The van der Waals surface area contributed by atoms with Crippen molar-refractivity contribution in [2.24, 2.45) is 0 Å². The molecule has 21 heavy (non-hydrogen) atoms. The summed E-state index contributed by atoms with van der Waals surface area (Å²) in [4.78, 5) is 0. The van der Waals surface area contributed by atoms with Gasteiger partial charge in [0.05, 0.1) is 11.4 Å². The molecule has 0 fully saturated rings. The molecule has 0 aliphatic rings. The van der Waals surface area contributed by atoms with E-state index in [2.05, 4.69) is 76.7 Å². The molecule has 2 rings (SSSR count). The van der Waals surface area contributed by atoms with Crippen LogP contribution in [0, 0.1) is 0 Å². The van der Waals surface area contributed by atoms with Crippen molar-refractivity contribution < 1.29 is 0 Å². The summed E-state index contributed by atoms with van der Waals surface area (Å²) in [5.74, 6) is 0. The molecule has 2 aromatic rings. The Hall–Kier alpha value is -0.300. The van der Waals surface area contributed by atoms with E-state index in [0.717, 1.165) is 34.6 Å². The summed E-state index contributed by atoms with van der Waals surface area (Å²) < 4.78 is 3.49. The Morgan fingerprint density at radius 1 is 0.810 bits per heavy atom. The number of anilines is 2. The second-order valence-electron chi connectivity index (χ2n) is 4.58. The highest BCUT2D eigenvalue weighted by Gasteiger charge is 2.07. The minimum Gasteiger partial charge on any atom is -0.397 e. The molecule has 0 saturated carbocycles. The molecule has 0 spiro atoms. The average Bonchev–Trinajstić information content (AvgIpc) is 2.41. The van der Waals surface area contributed by atoms with E-state index in [9.17, 15) is 0 Å². The van der Waals surface area contributed by atoms with E-state index < -0.39 is 0 Å². The van der Waals surface area contributed by atoms with Crippen molar-refractivity contribution in [2.45, 2.75) is 6.92 Å². The number of halogens is 4. The van der Waals surface area contributed by atoms with Crippen LogP contribution in [0.2, 0.25) is 0 Å². The van der Waals surface area contributed by atoms with Gasteiger partial charge in [-0.05, 0) is 112 Å². The molecule has 0 bridgehead atoms. The van der Waals surface area contributed by atoms with Crippen LogP contribution < -0.4 is 11.5 Å². The number of nitrogens with two attached hydrogens (primary N) is 2. The minimum atomic E-state index is 0.697. The lowest BCUT2D eigenvalue weighted by Crippen LogP contribution is -1.91. The summed E-state index contributed by atoms with van der Waals surface area (Å²) in [6, 6.07) is 8.00. The Bertz CT molecular complexity index is 692. The average molecular weight is 540 g/mol. The first-order chi connectivity index (χ1) is 9.79. The van der Waals surface area contributed by atoms with Crippen LogP contribution in [-0.4, -0.2) is 0 Å². The molecule has 2 aromatic carbocycles. The van der Waals surface area contributed by atoms with E-state index in [4.69, 9.17) is 11.5 Å². The molecular formula is C15H12Br4N2. The first-order valence-corrected chi connectivity index (χ1v) is 9.14. The van der Waals surface area contributed by atoms with E-state index in [1.807, 2.05) is 24.3 Å². The van der Waals surface area contributed by atoms with E-state index in [1.165, 1.54) is 0 Å². The molecule has 0 atom stereocenters. The first-order valence-electron chi connectivity index (χ1n) is 5.97. The highest BCUT2D eigenvalue weighted by Crippen LogP contribution is 2.34. The zero-order chi connectivity index (χ0) is 15.7. The molecule has 2 nitrogen and oxygen atoms in total. The van der Waals surface area contributed by atoms with E-state index >= 15 is 0 Å². The largest absolute Gasteiger partial charge is 0.397 e. The quantitative estimate of drug-likeness (QED) is 0.340. The molecule has 0 aliphatic heterocycles. The minimum absolute atomic E-state index is 0.697. The molecule has 6 heteroatoms. The Labute approximate surface area is 157 Å². The molecule has 0 aromatic heterocycles. The van der Waals surface area contributed by atoms with Crippen LogP contribution in [0.3, 0.4) is 0 Å². The third-order valence-electron chi connectivity index (χ3n) is 3.02. The molecule has 0 aliphatic carbocycles. The maximum absolute atomic E-state index is 5.92. The number of hydrogen-bond acceptors (Lipinski definition) is 2. The molecular weight excluding hydrogens is 528 g/mol. The Balaban J connectivity index is 2.46. The summed E-state index contributed by atoms with van der Waals surface area (Å²) in [6.07, 6.45) is 2.10. The SMILES string of the molecule is C/C(=C\c1cc(Br)c(N)c(Br)c1)c1cc(Br)c(N)c(Br)c1. The lowest BCUT2D eigenvalue weighted by molar-refractivity contribution is 1.50. The zero-order valence-corrected chi connectivity index (χ0v) is 17.4. The van der Waals surface area contributed by atoms with Crippen LogP contribution in [0.15, 0.2) is 42.2 Å². The number of allylic oxidation sites excluding steroid dienone is 1. The lowest BCUT2D eigenvalue weighted by atomic mass is 10.0. The third-order valence-corrected chi connectivity index (χ3v) is 5.64. The van der Waals surface area contributed by atoms with Crippen molar-refractivity contribution in [3.05, 3.63) is 53.3 Å². The van der Waals surface area contributed by atoms with E-state index in [0.29, 0.717) is 11.4 Å². The zero-order valence-electron chi connectivity index (χ0n) is 11.1. The molecule has 0 saturated heterocycles. The number of nitrogen functional groups attached to an aromatic ring is 2. The summed E-state index contributed by atoms with van der Waals surface area (Å²) in [5.41, 5.74) is 16.5. The van der Waals surface area contributed by atoms with Crippen LogP contribution in [0.1, 0.15) is 18.1 Å². The van der Waals surface area contributed by atoms with Crippen molar-refractivity contribution in [1.29, 1.82) is 0 Å². The van der Waals surface area contributed by atoms with Crippen LogP contribution in [0.4, 0.5) is 11.4 Å². The molecule has 0 radical (unpaired) electrons. The van der Waals surface area contributed by atoms with Gasteiger partial charge < -0.3 is 11.5 Å². The topological polar surface area (TPSA) is 52.0 Å². The van der Waals surface area contributed by atoms with Gasteiger partial charge in [0.2, 0.25) is 0 Å². The fourth-order valence-electron chi connectivity index (χ4n) is 1.83. The number of hydrogen-bond donors (Lipinski definition) is 2. The van der Waals surface area contributed by atoms with Gasteiger partial charge in [-0.2, -0.15) is 0 Å². The molecule has 0 unspecified atom stereocenters. The molecule has 0 amide bonds. The second kappa shape index (κ2) is 6.86. The molecule has 4 N–H and O–H groups in total. The van der Waals surface area contributed by atoms with Crippen molar-refractivity contribution in [3.8, 4) is 0 Å². The van der Waals surface area contributed by atoms with Gasteiger partial charge in [-0.1, -0.05) is 6.08 Å². The highest BCUT2D eigenvalue weighted by atomic mass is 79.9. The van der Waals surface area contributed by atoms with Gasteiger partial charge >= 0.3 is 0 Å². The van der Waals surface area contributed by atoms with E-state index in [1.54, 1.807) is 0 Å². The van der Waals surface area contributed by atoms with Gasteiger partial charge in [0, 0.05) is 17.9 Å². The van der Waals surface area contributed by atoms with Crippen molar-refractivity contribution in [2.75, 3.05) is 11.5 Å². The lowest BCUT2D eigenvalue weighted by Gasteiger charge is -2.09. The smallest absolute Gasteiger partial charge is 0.0603 e. The molecule has 110 valence electrons. The monoisotopic (exact) mass is 536 g/mol. The predicted molar refractivity (Wildman–Crippen MR) is 106 cm³/mol. The van der Waals surface area contributed by atoms with Gasteiger partial charge in [-0.25, -0.2) is 0 Å². The van der Waals surface area contributed by atoms with Gasteiger partial charge in [-0.3, -0.25) is 0 Å². The van der Waals surface area contributed by atoms with Crippen LogP contribution in [-0.2, 0) is 0 Å². The highest BCUT2D eigenvalue weighted by molar-refractivity contribution is 9.11. The van der Waals surface area contributed by atoms with Gasteiger partial charge in [-0.15, -0.1) is 0 Å². The Kier molecular flexibility index (Phi) is 5.57. The number of benzene rings is 2. The van der Waals surface area contributed by atoms with E-state index in [-0.39, 0.29) is 0 Å². The summed E-state index contributed by atoms with van der Waals surface area (Å²) in [5, 5.41) is 0. The Morgan fingerprint density at radius 3 is 1.62 bits per heavy atom.